The first-order valence-corrected chi connectivity index (χ1v) is 7.40. The average molecular weight is 286 g/mol. The molecule has 0 aliphatic carbocycles. The second-order valence-corrected chi connectivity index (χ2v) is 7.75. The molecule has 4 saturated heterocycles. The fourth-order valence-electron chi connectivity index (χ4n) is 4.98. The minimum Gasteiger partial charge on any atom is -0.394 e. The van der Waals surface area contributed by atoms with Gasteiger partial charge in [-0.2, -0.15) is 0 Å². The summed E-state index contributed by atoms with van der Waals surface area (Å²) in [7, 11) is 0. The lowest BCUT2D eigenvalue weighted by atomic mass is 9.63. The third-order valence-electron chi connectivity index (χ3n) is 5.18. The van der Waals surface area contributed by atoms with Gasteiger partial charge in [-0.1, -0.05) is 13.8 Å². The van der Waals surface area contributed by atoms with Crippen LogP contribution in [0, 0.1) is 10.8 Å². The van der Waals surface area contributed by atoms with Crippen LogP contribution in [0.25, 0.3) is 0 Å². The van der Waals surface area contributed by atoms with E-state index in [4.69, 9.17) is 5.11 Å². The topological polar surface area (TPSA) is 87.4 Å². The Morgan fingerprint density at radius 1 is 1.00 bits per heavy atom. The van der Waals surface area contributed by atoms with Gasteiger partial charge in [0, 0.05) is 26.2 Å². The summed E-state index contributed by atoms with van der Waals surface area (Å²) in [5.74, 6) is 0. The number of aliphatic hydroxyl groups is 4. The minimum absolute atomic E-state index is 0.252. The highest BCUT2D eigenvalue weighted by Crippen LogP contribution is 2.51. The largest absolute Gasteiger partial charge is 0.394 e. The van der Waals surface area contributed by atoms with Crippen molar-refractivity contribution in [3.05, 3.63) is 0 Å². The average Bonchev–Trinajstić information content (AvgIpc) is 2.32. The first kappa shape index (κ1) is 14.7. The Morgan fingerprint density at radius 2 is 1.45 bits per heavy atom. The van der Waals surface area contributed by atoms with Crippen LogP contribution in [0.15, 0.2) is 0 Å². The van der Waals surface area contributed by atoms with Gasteiger partial charge in [-0.3, -0.25) is 9.80 Å². The van der Waals surface area contributed by atoms with E-state index in [0.717, 1.165) is 26.2 Å². The van der Waals surface area contributed by atoms with Gasteiger partial charge in [0.25, 0.3) is 0 Å². The molecule has 4 N–H and O–H groups in total. The van der Waals surface area contributed by atoms with Gasteiger partial charge in [0.15, 0.2) is 0 Å². The normalized spacial score (nSPS) is 51.0. The number of aliphatic hydroxyl groups excluding tert-OH is 4. The summed E-state index contributed by atoms with van der Waals surface area (Å²) in [6.45, 7) is 7.70. The maximum absolute atomic E-state index is 10.4. The molecule has 6 heteroatoms. The van der Waals surface area contributed by atoms with Crippen molar-refractivity contribution < 1.29 is 20.4 Å². The van der Waals surface area contributed by atoms with Crippen molar-refractivity contribution in [3.8, 4) is 0 Å². The maximum atomic E-state index is 10.4. The molecule has 4 aliphatic heterocycles. The first-order valence-electron chi connectivity index (χ1n) is 7.40. The van der Waals surface area contributed by atoms with E-state index >= 15 is 0 Å². The van der Waals surface area contributed by atoms with E-state index < -0.39 is 24.9 Å². The van der Waals surface area contributed by atoms with E-state index in [-0.39, 0.29) is 17.0 Å². The van der Waals surface area contributed by atoms with Crippen molar-refractivity contribution in [1.29, 1.82) is 0 Å². The first-order chi connectivity index (χ1) is 9.27. The summed E-state index contributed by atoms with van der Waals surface area (Å²) in [5.41, 5.74) is 0.504. The number of piperidine rings is 2. The molecule has 3 atom stereocenters. The summed E-state index contributed by atoms with van der Waals surface area (Å²) < 4.78 is 0. The molecule has 0 amide bonds. The summed E-state index contributed by atoms with van der Waals surface area (Å²) >= 11 is 0. The van der Waals surface area contributed by atoms with Crippen LogP contribution in [0.1, 0.15) is 20.3 Å². The van der Waals surface area contributed by atoms with Gasteiger partial charge >= 0.3 is 0 Å². The highest BCUT2D eigenvalue weighted by molar-refractivity contribution is 5.09. The Kier molecular flexibility index (Phi) is 3.40. The zero-order chi connectivity index (χ0) is 14.7. The third-order valence-corrected chi connectivity index (χ3v) is 5.18. The molecule has 116 valence electrons. The monoisotopic (exact) mass is 286 g/mol. The molecule has 6 nitrogen and oxygen atoms in total. The lowest BCUT2D eigenvalue weighted by Gasteiger charge is -2.67. The van der Waals surface area contributed by atoms with Gasteiger partial charge < -0.3 is 20.4 Å². The van der Waals surface area contributed by atoms with Crippen molar-refractivity contribution >= 4 is 0 Å². The number of nitrogens with zero attached hydrogens (tertiary/aromatic N) is 2. The van der Waals surface area contributed by atoms with E-state index in [0.29, 0.717) is 0 Å². The quantitative estimate of drug-likeness (QED) is 0.500. The number of hydrogen-bond acceptors (Lipinski definition) is 6. The molecule has 4 bridgehead atoms. The maximum Gasteiger partial charge on any atom is 0.111 e. The summed E-state index contributed by atoms with van der Waals surface area (Å²) in [4.78, 5) is 4.46. The van der Waals surface area contributed by atoms with Crippen LogP contribution >= 0.6 is 0 Å². The van der Waals surface area contributed by atoms with Crippen molar-refractivity contribution in [1.82, 2.24) is 9.80 Å². The summed E-state index contributed by atoms with van der Waals surface area (Å²) in [6.07, 6.45) is -2.73. The van der Waals surface area contributed by atoms with Gasteiger partial charge in [-0.25, -0.2) is 0 Å². The van der Waals surface area contributed by atoms with E-state index in [2.05, 4.69) is 23.6 Å². The van der Waals surface area contributed by atoms with Gasteiger partial charge in [-0.05, 0) is 17.3 Å². The zero-order valence-corrected chi connectivity index (χ0v) is 12.2. The minimum atomic E-state index is -1.32. The predicted octanol–water partition coefficient (Wildman–Crippen LogP) is -1.56. The van der Waals surface area contributed by atoms with Gasteiger partial charge in [0.05, 0.1) is 12.8 Å². The van der Waals surface area contributed by atoms with Crippen LogP contribution < -0.4 is 0 Å². The van der Waals surface area contributed by atoms with E-state index in [1.165, 1.54) is 6.42 Å². The molecule has 0 unspecified atom stereocenters. The molecule has 0 saturated carbocycles. The van der Waals surface area contributed by atoms with Gasteiger partial charge in [-0.15, -0.1) is 0 Å². The second-order valence-electron chi connectivity index (χ2n) is 7.75. The molecule has 0 spiro atoms. The SMILES string of the molecule is CC12CN3CC(C)(CN(C1)C3[C@H](O)[C@H](O)[C@H](O)CO)C2. The second kappa shape index (κ2) is 4.63. The van der Waals surface area contributed by atoms with Crippen LogP contribution in [0.4, 0.5) is 0 Å². The number of hydrogen-bond donors (Lipinski definition) is 4. The Labute approximate surface area is 119 Å². The third kappa shape index (κ3) is 2.19. The molecular formula is C14H26N2O4. The lowest BCUT2D eigenvalue weighted by molar-refractivity contribution is -0.235. The molecule has 4 aliphatic rings. The van der Waals surface area contributed by atoms with Crippen LogP contribution in [0.3, 0.4) is 0 Å². The molecule has 4 rings (SSSR count). The Hall–Kier alpha value is -0.240. The fourth-order valence-corrected chi connectivity index (χ4v) is 4.98. The molecule has 0 aromatic heterocycles. The number of rotatable bonds is 4. The standard InChI is InChI=1S/C14H26N2O4/c1-13-4-14(2)7-15(5-13)12(16(6-13)8-14)11(20)10(19)9(18)3-17/h9-12,17-20H,3-8H2,1-2H3/t9-,10-,11-,12?,13?,14?/m1/s1. The van der Waals surface area contributed by atoms with E-state index in [1.54, 1.807) is 0 Å². The van der Waals surface area contributed by atoms with Gasteiger partial charge in [0.2, 0.25) is 0 Å². The van der Waals surface area contributed by atoms with E-state index in [1.807, 2.05) is 0 Å². The van der Waals surface area contributed by atoms with Crippen LogP contribution in [0.5, 0.6) is 0 Å². The Bertz CT molecular complexity index is 355. The predicted molar refractivity (Wildman–Crippen MR) is 72.9 cm³/mol. The zero-order valence-electron chi connectivity index (χ0n) is 12.2. The van der Waals surface area contributed by atoms with Crippen molar-refractivity contribution in [2.75, 3.05) is 32.8 Å². The highest BCUT2D eigenvalue weighted by atomic mass is 16.4. The molecule has 0 aromatic carbocycles. The molecule has 0 aromatic rings. The molecule has 4 heterocycles. The Morgan fingerprint density at radius 3 is 1.85 bits per heavy atom. The molecule has 4 fully saturated rings. The molecule has 0 radical (unpaired) electrons. The van der Waals surface area contributed by atoms with Gasteiger partial charge in [0.1, 0.15) is 18.3 Å². The molecule has 20 heavy (non-hydrogen) atoms. The van der Waals surface area contributed by atoms with Crippen molar-refractivity contribution in [2.24, 2.45) is 10.8 Å². The lowest BCUT2D eigenvalue weighted by Crippen LogP contribution is -2.77. The highest BCUT2D eigenvalue weighted by Gasteiger charge is 2.58. The molecular weight excluding hydrogens is 260 g/mol. The summed E-state index contributed by atoms with van der Waals surface area (Å²) in [5, 5.41) is 38.9. The van der Waals surface area contributed by atoms with Crippen LogP contribution in [0.2, 0.25) is 0 Å². The Balaban J connectivity index is 1.80. The van der Waals surface area contributed by atoms with Crippen LogP contribution in [-0.2, 0) is 0 Å². The van der Waals surface area contributed by atoms with Crippen molar-refractivity contribution in [2.45, 2.75) is 44.7 Å². The fraction of sp³-hybridized carbons (Fsp3) is 1.00. The van der Waals surface area contributed by atoms with Crippen LogP contribution in [-0.4, -0.2) is 87.5 Å². The van der Waals surface area contributed by atoms with Crippen molar-refractivity contribution in [3.63, 3.8) is 0 Å². The summed E-state index contributed by atoms with van der Waals surface area (Å²) in [6, 6.07) is 0. The smallest absolute Gasteiger partial charge is 0.111 e. The van der Waals surface area contributed by atoms with E-state index in [9.17, 15) is 15.3 Å².